The predicted octanol–water partition coefficient (Wildman–Crippen LogP) is 3.19. The van der Waals surface area contributed by atoms with E-state index in [1.165, 1.54) is 24.3 Å². The van der Waals surface area contributed by atoms with Crippen molar-refractivity contribution in [1.29, 1.82) is 0 Å². The molecule has 1 aromatic heterocycles. The summed E-state index contributed by atoms with van der Waals surface area (Å²) in [6.07, 6.45) is 0. The molecule has 1 aliphatic heterocycles. The number of fused-ring (bicyclic) bond motifs is 1. The monoisotopic (exact) mass is 340 g/mol. The molecule has 21 heavy (non-hydrogen) atoms. The van der Waals surface area contributed by atoms with Crippen LogP contribution in [0.1, 0.15) is 31.1 Å². The van der Waals surface area contributed by atoms with Crippen LogP contribution in [-0.4, -0.2) is 17.7 Å². The number of hydrogen-bond acceptors (Lipinski definition) is 4. The molecular formula is C13H6Cl2N2O3S. The van der Waals surface area contributed by atoms with E-state index < -0.39 is 17.7 Å². The third-order valence-electron chi connectivity index (χ3n) is 2.90. The summed E-state index contributed by atoms with van der Waals surface area (Å²) in [6, 6.07) is 5.92. The quantitative estimate of drug-likeness (QED) is 0.824. The lowest BCUT2D eigenvalue weighted by Gasteiger charge is -2.05. The summed E-state index contributed by atoms with van der Waals surface area (Å²) in [4.78, 5) is 35.1. The number of imide groups is 1. The number of amides is 3. The average molecular weight is 341 g/mol. The van der Waals surface area contributed by atoms with Crippen LogP contribution < -0.4 is 10.6 Å². The number of benzene rings is 1. The van der Waals surface area contributed by atoms with Crippen molar-refractivity contribution in [2.75, 3.05) is 5.32 Å². The second-order valence-corrected chi connectivity index (χ2v) is 6.52. The van der Waals surface area contributed by atoms with Crippen LogP contribution in [0.5, 0.6) is 0 Å². The zero-order valence-electron chi connectivity index (χ0n) is 10.2. The van der Waals surface area contributed by atoms with E-state index in [1.54, 1.807) is 0 Å². The van der Waals surface area contributed by atoms with Gasteiger partial charge in [0.05, 0.1) is 21.0 Å². The van der Waals surface area contributed by atoms with Crippen molar-refractivity contribution in [2.45, 2.75) is 0 Å². The van der Waals surface area contributed by atoms with Gasteiger partial charge in [-0.2, -0.15) is 0 Å². The van der Waals surface area contributed by atoms with Gasteiger partial charge in [-0.3, -0.25) is 19.7 Å². The third kappa shape index (κ3) is 2.53. The highest BCUT2D eigenvalue weighted by Gasteiger charge is 2.27. The van der Waals surface area contributed by atoms with Crippen LogP contribution in [0, 0.1) is 0 Å². The minimum Gasteiger partial charge on any atom is -0.322 e. The maximum Gasteiger partial charge on any atom is 0.259 e. The van der Waals surface area contributed by atoms with Gasteiger partial charge in [0.15, 0.2) is 0 Å². The van der Waals surface area contributed by atoms with Crippen molar-refractivity contribution in [2.24, 2.45) is 0 Å². The number of carbonyl (C=O) groups is 3. The van der Waals surface area contributed by atoms with E-state index in [0.717, 1.165) is 11.3 Å². The predicted molar refractivity (Wildman–Crippen MR) is 80.5 cm³/mol. The minimum atomic E-state index is -0.484. The Labute approximate surface area is 132 Å². The van der Waals surface area contributed by atoms with Crippen LogP contribution in [0.2, 0.25) is 8.67 Å². The molecule has 3 rings (SSSR count). The summed E-state index contributed by atoms with van der Waals surface area (Å²) in [7, 11) is 0. The van der Waals surface area contributed by atoms with E-state index in [-0.39, 0.29) is 21.0 Å². The molecule has 2 heterocycles. The Morgan fingerprint density at radius 1 is 1.10 bits per heavy atom. The molecule has 1 aromatic carbocycles. The molecule has 5 nitrogen and oxygen atoms in total. The third-order valence-corrected chi connectivity index (χ3v) is 4.38. The van der Waals surface area contributed by atoms with Gasteiger partial charge in [-0.1, -0.05) is 23.2 Å². The Hall–Kier alpha value is -1.89. The van der Waals surface area contributed by atoms with Gasteiger partial charge in [0, 0.05) is 5.69 Å². The lowest BCUT2D eigenvalue weighted by atomic mass is 10.1. The molecule has 0 aliphatic carbocycles. The largest absolute Gasteiger partial charge is 0.322 e. The molecule has 0 saturated heterocycles. The van der Waals surface area contributed by atoms with E-state index in [0.29, 0.717) is 10.0 Å². The van der Waals surface area contributed by atoms with Crippen LogP contribution >= 0.6 is 34.5 Å². The normalized spacial score (nSPS) is 13.0. The molecule has 8 heteroatoms. The summed E-state index contributed by atoms with van der Waals surface area (Å²) < 4.78 is 0.690. The Kier molecular flexibility index (Phi) is 3.44. The molecule has 0 bridgehead atoms. The minimum absolute atomic E-state index is 0.229. The van der Waals surface area contributed by atoms with Crippen molar-refractivity contribution in [1.82, 2.24) is 5.32 Å². The van der Waals surface area contributed by atoms with Crippen LogP contribution in [0.15, 0.2) is 24.3 Å². The Morgan fingerprint density at radius 3 is 2.48 bits per heavy atom. The van der Waals surface area contributed by atoms with Crippen LogP contribution in [-0.2, 0) is 0 Å². The zero-order valence-corrected chi connectivity index (χ0v) is 12.5. The van der Waals surface area contributed by atoms with E-state index in [1.807, 2.05) is 0 Å². The molecule has 0 atom stereocenters. The Morgan fingerprint density at radius 2 is 1.81 bits per heavy atom. The van der Waals surface area contributed by atoms with Gasteiger partial charge >= 0.3 is 0 Å². The van der Waals surface area contributed by atoms with Crippen LogP contribution in [0.25, 0.3) is 0 Å². The van der Waals surface area contributed by atoms with Gasteiger partial charge < -0.3 is 5.32 Å². The lowest BCUT2D eigenvalue weighted by Crippen LogP contribution is -2.19. The molecule has 1 aliphatic rings. The first-order valence-electron chi connectivity index (χ1n) is 5.71. The van der Waals surface area contributed by atoms with E-state index in [2.05, 4.69) is 10.6 Å². The summed E-state index contributed by atoms with van der Waals surface area (Å²) >= 11 is 12.8. The van der Waals surface area contributed by atoms with Crippen LogP contribution in [0.3, 0.4) is 0 Å². The van der Waals surface area contributed by atoms with E-state index in [4.69, 9.17) is 23.2 Å². The molecule has 2 aromatic rings. The van der Waals surface area contributed by atoms with Gasteiger partial charge in [0.25, 0.3) is 17.7 Å². The Balaban J connectivity index is 1.88. The number of thiophene rings is 1. The average Bonchev–Trinajstić information content (AvgIpc) is 2.90. The molecule has 0 saturated carbocycles. The van der Waals surface area contributed by atoms with Crippen molar-refractivity contribution >= 4 is 57.9 Å². The van der Waals surface area contributed by atoms with Crippen molar-refractivity contribution in [3.63, 3.8) is 0 Å². The molecule has 0 fully saturated rings. The summed E-state index contributed by atoms with van der Waals surface area (Å²) in [5.74, 6) is -1.36. The molecule has 0 radical (unpaired) electrons. The number of nitrogens with one attached hydrogen (secondary N) is 2. The SMILES string of the molecule is O=C1NC(=O)c2cc(NC(=O)c3cc(Cl)sc3Cl)ccc21. The fourth-order valence-corrected chi connectivity index (χ4v) is 3.40. The second kappa shape index (κ2) is 5.14. The van der Waals surface area contributed by atoms with Crippen molar-refractivity contribution < 1.29 is 14.4 Å². The number of anilines is 1. The lowest BCUT2D eigenvalue weighted by molar-refractivity contribution is 0.0878. The number of hydrogen-bond donors (Lipinski definition) is 2. The first kappa shape index (κ1) is 14.1. The maximum absolute atomic E-state index is 12.1. The highest BCUT2D eigenvalue weighted by atomic mass is 35.5. The topological polar surface area (TPSA) is 75.3 Å². The summed E-state index contributed by atoms with van der Waals surface area (Å²) in [6.45, 7) is 0. The van der Waals surface area contributed by atoms with Gasteiger partial charge in [0.1, 0.15) is 4.34 Å². The first-order chi connectivity index (χ1) is 9.95. The number of carbonyl (C=O) groups excluding carboxylic acids is 3. The smallest absolute Gasteiger partial charge is 0.259 e. The molecule has 0 unspecified atom stereocenters. The molecule has 0 spiro atoms. The molecular weight excluding hydrogens is 335 g/mol. The molecule has 3 amide bonds. The van der Waals surface area contributed by atoms with Gasteiger partial charge in [-0.25, -0.2) is 0 Å². The van der Waals surface area contributed by atoms with Gasteiger partial charge in [-0.15, -0.1) is 11.3 Å². The number of halogens is 2. The maximum atomic E-state index is 12.1. The van der Waals surface area contributed by atoms with Crippen LogP contribution in [0.4, 0.5) is 5.69 Å². The summed E-state index contributed by atoms with van der Waals surface area (Å²) in [5, 5.41) is 4.79. The number of rotatable bonds is 2. The van der Waals surface area contributed by atoms with Gasteiger partial charge in [-0.05, 0) is 24.3 Å². The van der Waals surface area contributed by atoms with Gasteiger partial charge in [0.2, 0.25) is 0 Å². The van der Waals surface area contributed by atoms with E-state index >= 15 is 0 Å². The highest BCUT2D eigenvalue weighted by molar-refractivity contribution is 7.20. The van der Waals surface area contributed by atoms with Crippen molar-refractivity contribution in [3.05, 3.63) is 49.6 Å². The fourth-order valence-electron chi connectivity index (χ4n) is 1.94. The standard InChI is InChI=1S/C13H6Cl2N2O3S/c14-9-4-8(10(15)21-9)13(20)16-5-1-2-6-7(3-5)12(19)17-11(6)18/h1-4H,(H,16,20)(H,17,18,19). The molecule has 106 valence electrons. The molecule has 2 N–H and O–H groups in total. The van der Waals surface area contributed by atoms with Crippen molar-refractivity contribution in [3.8, 4) is 0 Å². The Bertz CT molecular complexity index is 801. The fraction of sp³-hybridized carbons (Fsp3) is 0. The first-order valence-corrected chi connectivity index (χ1v) is 7.29. The van der Waals surface area contributed by atoms with E-state index in [9.17, 15) is 14.4 Å². The second-order valence-electron chi connectivity index (χ2n) is 4.24. The highest BCUT2D eigenvalue weighted by Crippen LogP contribution is 2.31. The summed E-state index contributed by atoms with van der Waals surface area (Å²) in [5.41, 5.74) is 1.16. The zero-order chi connectivity index (χ0) is 15.1.